The van der Waals surface area contributed by atoms with Crippen molar-refractivity contribution in [3.05, 3.63) is 29.8 Å². The normalized spacial score (nSPS) is 24.2. The maximum Gasteiger partial charge on any atom is 0.231 e. The topological polar surface area (TPSA) is 193 Å². The van der Waals surface area contributed by atoms with Crippen molar-refractivity contribution >= 4 is 23.4 Å². The minimum absolute atomic E-state index is 0.00776. The monoisotopic (exact) mass is 575 g/mol. The van der Waals surface area contributed by atoms with E-state index in [4.69, 9.17) is 27.7 Å². The van der Waals surface area contributed by atoms with E-state index < -0.39 is 17.7 Å². The third-order valence-corrected chi connectivity index (χ3v) is 7.27. The highest BCUT2D eigenvalue weighted by atomic mass is 16.6. The highest BCUT2D eigenvalue weighted by Gasteiger charge is 2.38. The summed E-state index contributed by atoms with van der Waals surface area (Å²) in [5.41, 5.74) is 24.9. The van der Waals surface area contributed by atoms with Crippen molar-refractivity contribution in [2.45, 2.75) is 51.1 Å². The molecule has 2 aliphatic heterocycles. The van der Waals surface area contributed by atoms with E-state index in [-0.39, 0.29) is 43.5 Å². The summed E-state index contributed by atoms with van der Waals surface area (Å²) in [6.45, 7) is 11.1. The van der Waals surface area contributed by atoms with Gasteiger partial charge in [0, 0.05) is 69.6 Å². The van der Waals surface area contributed by atoms with Crippen LogP contribution in [0, 0.1) is 0 Å². The number of nitrogens with one attached hydrogen (secondary N) is 1. The van der Waals surface area contributed by atoms with E-state index in [2.05, 4.69) is 55.3 Å². The molecule has 3 amide bonds. The first-order valence-corrected chi connectivity index (χ1v) is 14.3. The Morgan fingerprint density at radius 3 is 1.76 bits per heavy atom. The summed E-state index contributed by atoms with van der Waals surface area (Å²) in [5.74, 6) is -1.26. The number of hydrogen-bond donors (Lipinski definition) is 5. The van der Waals surface area contributed by atoms with Crippen molar-refractivity contribution < 1.29 is 19.1 Å². The Morgan fingerprint density at radius 2 is 1.29 bits per heavy atom. The number of epoxide rings is 1. The summed E-state index contributed by atoms with van der Waals surface area (Å²) >= 11 is 0. The predicted molar refractivity (Wildman–Crippen MR) is 159 cm³/mol. The van der Waals surface area contributed by atoms with Gasteiger partial charge in [-0.25, -0.2) is 0 Å². The molecule has 2 heterocycles. The highest BCUT2D eigenvalue weighted by molar-refractivity contribution is 5.76. The van der Waals surface area contributed by atoms with Crippen LogP contribution >= 0.6 is 0 Å². The molecule has 0 spiro atoms. The smallest absolute Gasteiger partial charge is 0.231 e. The van der Waals surface area contributed by atoms with E-state index in [0.717, 1.165) is 11.3 Å². The van der Waals surface area contributed by atoms with Crippen LogP contribution in [0.3, 0.4) is 0 Å². The zero-order valence-electron chi connectivity index (χ0n) is 24.8. The molecule has 230 valence electrons. The van der Waals surface area contributed by atoms with E-state index in [1.54, 1.807) is 0 Å². The fourth-order valence-corrected chi connectivity index (χ4v) is 5.27. The van der Waals surface area contributed by atoms with Gasteiger partial charge in [0.1, 0.15) is 12.3 Å². The second-order valence-corrected chi connectivity index (χ2v) is 12.3. The van der Waals surface area contributed by atoms with Crippen LogP contribution in [0.1, 0.15) is 26.3 Å². The molecule has 13 heteroatoms. The summed E-state index contributed by atoms with van der Waals surface area (Å²) < 4.78 is 5.59. The minimum atomic E-state index is -0.436. The van der Waals surface area contributed by atoms with E-state index >= 15 is 0 Å². The van der Waals surface area contributed by atoms with Crippen molar-refractivity contribution in [1.29, 1.82) is 0 Å². The number of nitrogens with two attached hydrogens (primary N) is 4. The Labute approximate surface area is 243 Å². The van der Waals surface area contributed by atoms with Gasteiger partial charge < -0.3 is 33.0 Å². The lowest BCUT2D eigenvalue weighted by molar-refractivity contribution is -0.121. The maximum absolute atomic E-state index is 12.1. The zero-order chi connectivity index (χ0) is 30.2. The molecule has 1 aromatic carbocycles. The zero-order valence-corrected chi connectivity index (χ0v) is 24.8. The van der Waals surface area contributed by atoms with Gasteiger partial charge >= 0.3 is 0 Å². The summed E-state index contributed by atoms with van der Waals surface area (Å²) in [5, 5.41) is 3.49. The van der Waals surface area contributed by atoms with Crippen LogP contribution in [0.25, 0.3) is 0 Å². The van der Waals surface area contributed by atoms with Crippen LogP contribution in [0.15, 0.2) is 24.3 Å². The van der Waals surface area contributed by atoms with Gasteiger partial charge in [0.15, 0.2) is 0 Å². The van der Waals surface area contributed by atoms with Crippen molar-refractivity contribution in [3.63, 3.8) is 0 Å². The number of hydrogen-bond acceptors (Lipinski definition) is 10. The SMILES string of the molecule is CC(C)(C)Nc1ccc(CC2CN(CC(N)=O)CCN(CC(N)=O)CCN(CC(N)=O)CCN2CC2OC2N)cc1. The largest absolute Gasteiger partial charge is 0.380 e. The molecule has 0 radical (unpaired) electrons. The van der Waals surface area contributed by atoms with Gasteiger partial charge in [0.05, 0.1) is 19.6 Å². The number of benzene rings is 1. The third kappa shape index (κ3) is 12.3. The quantitative estimate of drug-likeness (QED) is 0.187. The molecule has 3 unspecified atom stereocenters. The van der Waals surface area contributed by atoms with Crippen LogP contribution in [0.4, 0.5) is 5.69 Å². The predicted octanol–water partition coefficient (Wildman–Crippen LogP) is -1.83. The molecule has 0 aromatic heterocycles. The van der Waals surface area contributed by atoms with Crippen LogP contribution < -0.4 is 28.3 Å². The number of primary amides is 3. The number of amides is 3. The van der Waals surface area contributed by atoms with Gasteiger partial charge in [-0.15, -0.1) is 0 Å². The molecule has 0 saturated carbocycles. The van der Waals surface area contributed by atoms with Crippen LogP contribution in [-0.4, -0.2) is 133 Å². The molecule has 0 bridgehead atoms. The number of ether oxygens (including phenoxy) is 1. The highest BCUT2D eigenvalue weighted by Crippen LogP contribution is 2.22. The van der Waals surface area contributed by atoms with Gasteiger partial charge in [-0.1, -0.05) is 12.1 Å². The molecule has 2 aliphatic rings. The molecule has 13 nitrogen and oxygen atoms in total. The maximum atomic E-state index is 12.1. The minimum Gasteiger partial charge on any atom is -0.380 e. The molecule has 1 aromatic rings. The summed E-state index contributed by atoms with van der Waals surface area (Å²) in [4.78, 5) is 44.0. The Bertz CT molecular complexity index is 1020. The second-order valence-electron chi connectivity index (χ2n) is 12.3. The van der Waals surface area contributed by atoms with Crippen molar-refractivity contribution in [2.24, 2.45) is 22.9 Å². The average molecular weight is 576 g/mol. The number of carbonyl (C=O) groups is 3. The fourth-order valence-electron chi connectivity index (χ4n) is 5.27. The lowest BCUT2D eigenvalue weighted by Gasteiger charge is -2.38. The van der Waals surface area contributed by atoms with Crippen LogP contribution in [-0.2, 0) is 25.5 Å². The Morgan fingerprint density at radius 1 is 0.829 bits per heavy atom. The van der Waals surface area contributed by atoms with E-state index in [1.165, 1.54) is 0 Å². The molecule has 2 fully saturated rings. The first-order valence-electron chi connectivity index (χ1n) is 14.3. The van der Waals surface area contributed by atoms with Gasteiger partial charge in [0.25, 0.3) is 0 Å². The first kappa shape index (κ1) is 32.7. The second kappa shape index (κ2) is 14.9. The Balaban J connectivity index is 1.89. The molecule has 41 heavy (non-hydrogen) atoms. The molecule has 2 saturated heterocycles. The summed E-state index contributed by atoms with van der Waals surface area (Å²) in [6.07, 6.45) is 0.336. The standard InChI is InChI=1S/C28H49N9O4/c1-28(2,3)33-21-6-4-20(5-7-21)14-22-15-36(19-26(31)40)11-10-34(17-24(29)38)8-9-35(18-25(30)39)12-13-37(22)16-23-27(32)41-23/h4-7,22-23,27,33H,8-19,32H2,1-3H3,(H2,29,38)(H2,30,39)(H2,31,40). The van der Waals surface area contributed by atoms with Crippen molar-refractivity contribution in [2.75, 3.05) is 77.3 Å². The van der Waals surface area contributed by atoms with Gasteiger partial charge in [-0.05, 0) is 44.9 Å². The Kier molecular flexibility index (Phi) is 11.9. The van der Waals surface area contributed by atoms with Crippen LogP contribution in [0.5, 0.6) is 0 Å². The van der Waals surface area contributed by atoms with Gasteiger partial charge in [0.2, 0.25) is 17.7 Å². The van der Waals surface area contributed by atoms with Gasteiger partial charge in [-0.2, -0.15) is 0 Å². The molecule has 9 N–H and O–H groups in total. The third-order valence-electron chi connectivity index (χ3n) is 7.27. The van der Waals surface area contributed by atoms with E-state index in [0.29, 0.717) is 58.8 Å². The molecular weight excluding hydrogens is 526 g/mol. The van der Waals surface area contributed by atoms with Crippen molar-refractivity contribution in [1.82, 2.24) is 19.6 Å². The molecular formula is C28H49N9O4. The van der Waals surface area contributed by atoms with Gasteiger partial charge in [-0.3, -0.25) is 34.0 Å². The first-order chi connectivity index (χ1) is 19.3. The van der Waals surface area contributed by atoms with E-state index in [1.807, 2.05) is 14.7 Å². The number of carbonyl (C=O) groups excluding carboxylic acids is 3. The lowest BCUT2D eigenvalue weighted by Crippen LogP contribution is -2.54. The average Bonchev–Trinajstić information content (AvgIpc) is 3.55. The fraction of sp³-hybridized carbons (Fsp3) is 0.679. The number of nitrogens with zero attached hydrogens (tertiary/aromatic N) is 4. The number of rotatable bonds is 11. The van der Waals surface area contributed by atoms with E-state index in [9.17, 15) is 14.4 Å². The molecule has 0 aliphatic carbocycles. The van der Waals surface area contributed by atoms with Crippen LogP contribution in [0.2, 0.25) is 0 Å². The molecule has 3 rings (SSSR count). The summed E-state index contributed by atoms with van der Waals surface area (Å²) in [7, 11) is 0. The number of anilines is 1. The Hall–Kier alpha value is -2.81. The summed E-state index contributed by atoms with van der Waals surface area (Å²) in [6, 6.07) is 8.39. The lowest BCUT2D eigenvalue weighted by atomic mass is 10.0. The van der Waals surface area contributed by atoms with Crippen molar-refractivity contribution in [3.8, 4) is 0 Å². The molecule has 3 atom stereocenters.